The number of amides is 1. The molecule has 9 heteroatoms. The van der Waals surface area contributed by atoms with E-state index >= 15 is 0 Å². The summed E-state index contributed by atoms with van der Waals surface area (Å²) in [6.45, 7) is 0.287. The van der Waals surface area contributed by atoms with E-state index in [4.69, 9.17) is 32.7 Å². The normalized spacial score (nSPS) is 10.4. The zero-order chi connectivity index (χ0) is 17.7. The molecule has 0 aliphatic rings. The number of rotatable bonds is 5. The van der Waals surface area contributed by atoms with Crippen LogP contribution in [-0.2, 0) is 4.74 Å². The number of hydrogen-bond acceptors (Lipinski definition) is 3. The van der Waals surface area contributed by atoms with Gasteiger partial charge in [-0.2, -0.15) is 0 Å². The van der Waals surface area contributed by atoms with Crippen molar-refractivity contribution in [2.45, 2.75) is 0 Å². The van der Waals surface area contributed by atoms with Crippen molar-refractivity contribution >= 4 is 82.8 Å². The SMILES string of the molecule is O=C(Nc1ccc(Cl)c(Cl)c1)OCCOc1c(Br)cc(Br)cc1Br. The van der Waals surface area contributed by atoms with E-state index in [2.05, 4.69) is 53.1 Å². The third-order valence-corrected chi connectivity index (χ3v) is 5.07. The fourth-order valence-corrected chi connectivity index (χ4v) is 4.46. The number of benzene rings is 2. The molecule has 0 saturated carbocycles. The summed E-state index contributed by atoms with van der Waals surface area (Å²) in [6.07, 6.45) is -0.606. The molecule has 0 spiro atoms. The van der Waals surface area contributed by atoms with E-state index in [1.165, 1.54) is 6.07 Å². The van der Waals surface area contributed by atoms with Crippen LogP contribution in [0.5, 0.6) is 5.75 Å². The Balaban J connectivity index is 1.80. The summed E-state index contributed by atoms with van der Waals surface area (Å²) in [4.78, 5) is 11.7. The predicted molar refractivity (Wildman–Crippen MR) is 106 cm³/mol. The molecule has 1 N–H and O–H groups in total. The van der Waals surface area contributed by atoms with Crippen molar-refractivity contribution in [2.24, 2.45) is 0 Å². The van der Waals surface area contributed by atoms with Crippen LogP contribution >= 0.6 is 71.0 Å². The smallest absolute Gasteiger partial charge is 0.411 e. The average molecular weight is 563 g/mol. The molecule has 0 saturated heterocycles. The van der Waals surface area contributed by atoms with Gasteiger partial charge in [0.1, 0.15) is 19.0 Å². The Bertz CT molecular complexity index is 736. The molecule has 4 nitrogen and oxygen atoms in total. The van der Waals surface area contributed by atoms with Crippen LogP contribution in [0.1, 0.15) is 0 Å². The molecule has 2 aromatic carbocycles. The van der Waals surface area contributed by atoms with Crippen molar-refractivity contribution in [3.63, 3.8) is 0 Å². The average Bonchev–Trinajstić information content (AvgIpc) is 2.49. The first-order valence-corrected chi connectivity index (χ1v) is 9.66. The third kappa shape index (κ3) is 5.81. The lowest BCUT2D eigenvalue weighted by atomic mass is 10.3. The summed E-state index contributed by atoms with van der Waals surface area (Å²) < 4.78 is 13.1. The van der Waals surface area contributed by atoms with Crippen LogP contribution < -0.4 is 10.1 Å². The fourth-order valence-electron chi connectivity index (χ4n) is 1.67. The van der Waals surface area contributed by atoms with Gasteiger partial charge in [-0.25, -0.2) is 4.79 Å². The monoisotopic (exact) mass is 559 g/mol. The predicted octanol–water partition coefficient (Wildman–Crippen LogP) is 6.91. The molecule has 128 valence electrons. The van der Waals surface area contributed by atoms with Crippen LogP contribution in [0.3, 0.4) is 0 Å². The Kier molecular flexibility index (Phi) is 7.68. The van der Waals surface area contributed by atoms with Gasteiger partial charge in [0.2, 0.25) is 0 Å². The summed E-state index contributed by atoms with van der Waals surface area (Å²) in [5, 5.41) is 3.32. The number of anilines is 1. The maximum Gasteiger partial charge on any atom is 0.411 e. The Labute approximate surface area is 174 Å². The second-order valence-corrected chi connectivity index (χ2v) is 7.88. The van der Waals surface area contributed by atoms with Crippen molar-refractivity contribution in [1.82, 2.24) is 0 Å². The molecule has 0 atom stereocenters. The van der Waals surface area contributed by atoms with Crippen LogP contribution in [-0.4, -0.2) is 19.3 Å². The Morgan fingerprint density at radius 1 is 1.00 bits per heavy atom. The molecular formula is C15H10Br3Cl2NO3. The van der Waals surface area contributed by atoms with E-state index in [1.807, 2.05) is 12.1 Å². The minimum absolute atomic E-state index is 0.0854. The summed E-state index contributed by atoms with van der Waals surface area (Å²) in [5.74, 6) is 0.631. The van der Waals surface area contributed by atoms with Crippen LogP contribution in [0, 0.1) is 0 Å². The highest BCUT2D eigenvalue weighted by Gasteiger charge is 2.09. The highest BCUT2D eigenvalue weighted by molar-refractivity contribution is 9.11. The van der Waals surface area contributed by atoms with E-state index in [-0.39, 0.29) is 13.2 Å². The first-order valence-electron chi connectivity index (χ1n) is 6.53. The van der Waals surface area contributed by atoms with Crippen molar-refractivity contribution in [1.29, 1.82) is 0 Å². The summed E-state index contributed by atoms with van der Waals surface area (Å²) >= 11 is 21.9. The molecule has 0 unspecified atom stereocenters. The van der Waals surface area contributed by atoms with Gasteiger partial charge in [0.05, 0.1) is 19.0 Å². The first kappa shape index (κ1) is 19.8. The fraction of sp³-hybridized carbons (Fsp3) is 0.133. The van der Waals surface area contributed by atoms with E-state index in [0.717, 1.165) is 13.4 Å². The molecule has 1 amide bonds. The minimum atomic E-state index is -0.606. The number of nitrogens with one attached hydrogen (secondary N) is 1. The summed E-state index contributed by atoms with van der Waals surface area (Å²) in [7, 11) is 0. The number of carbonyl (C=O) groups is 1. The Morgan fingerprint density at radius 2 is 1.67 bits per heavy atom. The zero-order valence-electron chi connectivity index (χ0n) is 11.9. The van der Waals surface area contributed by atoms with E-state index in [9.17, 15) is 4.79 Å². The summed E-state index contributed by atoms with van der Waals surface area (Å²) in [6, 6.07) is 8.47. The van der Waals surface area contributed by atoms with Crippen LogP contribution in [0.15, 0.2) is 43.7 Å². The Hall–Kier alpha value is -0.470. The molecule has 2 aromatic rings. The second kappa shape index (κ2) is 9.29. The molecule has 2 rings (SSSR count). The lowest BCUT2D eigenvalue weighted by Crippen LogP contribution is -2.17. The Morgan fingerprint density at radius 3 is 2.29 bits per heavy atom. The van der Waals surface area contributed by atoms with Gasteiger partial charge in [0, 0.05) is 10.2 Å². The van der Waals surface area contributed by atoms with Crippen molar-refractivity contribution < 1.29 is 14.3 Å². The van der Waals surface area contributed by atoms with Crippen molar-refractivity contribution in [2.75, 3.05) is 18.5 Å². The number of carbonyl (C=O) groups excluding carboxylic acids is 1. The van der Waals surface area contributed by atoms with Crippen molar-refractivity contribution in [3.05, 3.63) is 53.8 Å². The van der Waals surface area contributed by atoms with Gasteiger partial charge in [-0.15, -0.1) is 0 Å². The molecule has 0 fully saturated rings. The highest BCUT2D eigenvalue weighted by atomic mass is 79.9. The molecule has 0 aliphatic carbocycles. The third-order valence-electron chi connectivity index (χ3n) is 2.69. The first-order chi connectivity index (χ1) is 11.4. The van der Waals surface area contributed by atoms with Gasteiger partial charge >= 0.3 is 6.09 Å². The second-order valence-electron chi connectivity index (χ2n) is 4.44. The molecule has 0 bridgehead atoms. The van der Waals surface area contributed by atoms with E-state index in [1.54, 1.807) is 12.1 Å². The van der Waals surface area contributed by atoms with Gasteiger partial charge in [-0.3, -0.25) is 5.32 Å². The largest absolute Gasteiger partial charge is 0.488 e. The summed E-state index contributed by atoms with van der Waals surface area (Å²) in [5.41, 5.74) is 0.494. The van der Waals surface area contributed by atoms with Gasteiger partial charge in [-0.1, -0.05) is 39.1 Å². The topological polar surface area (TPSA) is 47.6 Å². The van der Waals surface area contributed by atoms with Gasteiger partial charge in [0.25, 0.3) is 0 Å². The van der Waals surface area contributed by atoms with Crippen LogP contribution in [0.4, 0.5) is 10.5 Å². The lowest BCUT2D eigenvalue weighted by Gasteiger charge is -2.11. The van der Waals surface area contributed by atoms with E-state index in [0.29, 0.717) is 21.5 Å². The maximum atomic E-state index is 11.7. The standard InChI is InChI=1S/C15H10Br3Cl2NO3/c16-8-5-10(17)14(11(18)6-8)23-3-4-24-15(22)21-9-1-2-12(19)13(20)7-9/h1-2,5-7H,3-4H2,(H,21,22). The van der Waals surface area contributed by atoms with Gasteiger partial charge in [-0.05, 0) is 62.2 Å². The molecule has 0 aromatic heterocycles. The molecule has 0 radical (unpaired) electrons. The van der Waals surface area contributed by atoms with Gasteiger partial charge < -0.3 is 9.47 Å². The zero-order valence-corrected chi connectivity index (χ0v) is 18.2. The number of hydrogen-bond donors (Lipinski definition) is 1. The number of ether oxygens (including phenoxy) is 2. The highest BCUT2D eigenvalue weighted by Crippen LogP contribution is 2.36. The van der Waals surface area contributed by atoms with Gasteiger partial charge in [0.15, 0.2) is 0 Å². The molecular weight excluding hydrogens is 553 g/mol. The minimum Gasteiger partial charge on any atom is -0.488 e. The number of halogens is 5. The van der Waals surface area contributed by atoms with Crippen LogP contribution in [0.25, 0.3) is 0 Å². The van der Waals surface area contributed by atoms with E-state index < -0.39 is 6.09 Å². The maximum absolute atomic E-state index is 11.7. The van der Waals surface area contributed by atoms with Crippen molar-refractivity contribution in [3.8, 4) is 5.75 Å². The quantitative estimate of drug-likeness (QED) is 0.403. The molecule has 0 heterocycles. The van der Waals surface area contributed by atoms with Crippen LogP contribution in [0.2, 0.25) is 10.0 Å². The lowest BCUT2D eigenvalue weighted by molar-refractivity contribution is 0.137. The molecule has 0 aliphatic heterocycles. The molecule has 24 heavy (non-hydrogen) atoms.